The summed E-state index contributed by atoms with van der Waals surface area (Å²) < 4.78 is 23.3. The van der Waals surface area contributed by atoms with E-state index in [-0.39, 0.29) is 12.9 Å². The van der Waals surface area contributed by atoms with Crippen LogP contribution in [0.5, 0.6) is 23.1 Å². The lowest BCUT2D eigenvalue weighted by Crippen LogP contribution is -2.25. The van der Waals surface area contributed by atoms with Gasteiger partial charge in [-0.15, -0.1) is 0 Å². The second kappa shape index (κ2) is 9.49. The Morgan fingerprint density at radius 3 is 2.85 bits per heavy atom. The fraction of sp³-hybridized carbons (Fsp3) is 0.417. The van der Waals surface area contributed by atoms with E-state index in [9.17, 15) is 0 Å². The number of hydrogen-bond donors (Lipinski definition) is 1. The summed E-state index contributed by atoms with van der Waals surface area (Å²) in [6.45, 7) is 7.93. The average molecular weight is 471 g/mol. The summed E-state index contributed by atoms with van der Waals surface area (Å²) in [6.07, 6.45) is 5.79. The molecule has 8 nitrogen and oxygen atoms in total. The van der Waals surface area contributed by atoms with Crippen molar-refractivity contribution in [3.8, 4) is 23.1 Å². The molecular weight excluding hydrogens is 444 g/mol. The zero-order chi connectivity index (χ0) is 22.8. The van der Waals surface area contributed by atoms with Crippen LogP contribution >= 0.6 is 11.6 Å². The molecule has 0 spiro atoms. The number of anilines is 2. The fourth-order valence-corrected chi connectivity index (χ4v) is 4.33. The molecule has 33 heavy (non-hydrogen) atoms. The highest BCUT2D eigenvalue weighted by atomic mass is 35.5. The van der Waals surface area contributed by atoms with E-state index < -0.39 is 0 Å². The Morgan fingerprint density at radius 1 is 1.18 bits per heavy atom. The van der Waals surface area contributed by atoms with Crippen LogP contribution < -0.4 is 24.3 Å². The first-order chi connectivity index (χ1) is 16.1. The van der Waals surface area contributed by atoms with Gasteiger partial charge in [-0.3, -0.25) is 9.88 Å². The van der Waals surface area contributed by atoms with Gasteiger partial charge in [-0.1, -0.05) is 11.6 Å². The normalized spacial score (nSPS) is 15.4. The van der Waals surface area contributed by atoms with Crippen molar-refractivity contribution in [1.82, 2.24) is 14.9 Å². The summed E-state index contributed by atoms with van der Waals surface area (Å²) in [5.41, 5.74) is 2.13. The molecule has 1 saturated heterocycles. The van der Waals surface area contributed by atoms with E-state index in [1.54, 1.807) is 12.4 Å². The van der Waals surface area contributed by atoms with Crippen LogP contribution in [0.15, 0.2) is 30.6 Å². The molecule has 0 atom stereocenters. The van der Waals surface area contributed by atoms with Gasteiger partial charge < -0.3 is 24.3 Å². The van der Waals surface area contributed by atoms with Gasteiger partial charge in [0.2, 0.25) is 12.5 Å². The highest BCUT2D eigenvalue weighted by Gasteiger charge is 2.23. The second-order valence-corrected chi connectivity index (χ2v) is 8.79. The van der Waals surface area contributed by atoms with Crippen LogP contribution in [0.2, 0.25) is 5.02 Å². The summed E-state index contributed by atoms with van der Waals surface area (Å²) in [6, 6.07) is 5.75. The molecule has 2 aliphatic rings. The third-order valence-corrected chi connectivity index (χ3v) is 5.92. The lowest BCUT2D eigenvalue weighted by molar-refractivity contribution is 0.171. The van der Waals surface area contributed by atoms with E-state index in [2.05, 4.69) is 20.2 Å². The first-order valence-corrected chi connectivity index (χ1v) is 11.6. The maximum atomic E-state index is 6.44. The minimum atomic E-state index is -0.0217. The van der Waals surface area contributed by atoms with Crippen LogP contribution in [-0.4, -0.2) is 54.0 Å². The zero-order valence-corrected chi connectivity index (χ0v) is 19.5. The Labute approximate surface area is 197 Å². The van der Waals surface area contributed by atoms with E-state index in [1.165, 1.54) is 12.8 Å². The number of ether oxygens (including phenoxy) is 4. The molecule has 0 radical (unpaired) electrons. The number of pyridine rings is 2. The first-order valence-electron chi connectivity index (χ1n) is 11.2. The van der Waals surface area contributed by atoms with Crippen LogP contribution in [0, 0.1) is 0 Å². The predicted molar refractivity (Wildman–Crippen MR) is 127 cm³/mol. The predicted octanol–water partition coefficient (Wildman–Crippen LogP) is 5.02. The maximum absolute atomic E-state index is 6.44. The molecule has 1 N–H and O–H groups in total. The zero-order valence-electron chi connectivity index (χ0n) is 18.8. The smallest absolute Gasteiger partial charge is 0.262 e. The lowest BCUT2D eigenvalue weighted by Gasteiger charge is -2.19. The van der Waals surface area contributed by atoms with Gasteiger partial charge in [0.1, 0.15) is 23.8 Å². The Balaban J connectivity index is 1.48. The number of likely N-dealkylation sites (tertiary alicyclic amines) is 1. The third kappa shape index (κ3) is 4.72. The van der Waals surface area contributed by atoms with E-state index in [0.717, 1.165) is 42.0 Å². The molecule has 0 amide bonds. The molecule has 3 aromatic rings. The summed E-state index contributed by atoms with van der Waals surface area (Å²) in [5, 5.41) is 4.64. The number of fused-ring (bicyclic) bond motifs is 2. The van der Waals surface area contributed by atoms with Crippen LogP contribution in [0.1, 0.15) is 26.7 Å². The number of halogens is 1. The molecule has 2 aliphatic heterocycles. The molecule has 2 aromatic heterocycles. The van der Waals surface area contributed by atoms with Crippen molar-refractivity contribution in [2.24, 2.45) is 0 Å². The molecule has 0 aliphatic carbocycles. The molecule has 174 valence electrons. The van der Waals surface area contributed by atoms with Crippen molar-refractivity contribution in [3.63, 3.8) is 0 Å². The second-order valence-electron chi connectivity index (χ2n) is 8.38. The summed E-state index contributed by atoms with van der Waals surface area (Å²) in [4.78, 5) is 11.2. The number of benzene rings is 1. The Morgan fingerprint density at radius 2 is 2.03 bits per heavy atom. The van der Waals surface area contributed by atoms with Crippen LogP contribution in [0.3, 0.4) is 0 Å². The lowest BCUT2D eigenvalue weighted by atomic mass is 10.1. The molecule has 0 bridgehead atoms. The Bertz CT molecular complexity index is 1150. The van der Waals surface area contributed by atoms with E-state index in [4.69, 9.17) is 30.5 Å². The molecular formula is C24H27ClN4O4. The molecule has 0 saturated carbocycles. The number of aromatic nitrogens is 2. The number of rotatable bonds is 8. The van der Waals surface area contributed by atoms with Crippen molar-refractivity contribution in [3.05, 3.63) is 35.6 Å². The quantitative estimate of drug-likeness (QED) is 0.492. The molecule has 0 unspecified atom stereocenters. The monoisotopic (exact) mass is 470 g/mol. The molecule has 1 fully saturated rings. The molecule has 4 heterocycles. The highest BCUT2D eigenvalue weighted by Crippen LogP contribution is 2.45. The number of hydrogen-bond acceptors (Lipinski definition) is 8. The van der Waals surface area contributed by atoms with Crippen molar-refractivity contribution in [1.29, 1.82) is 0 Å². The van der Waals surface area contributed by atoms with Gasteiger partial charge >= 0.3 is 0 Å². The SMILES string of the molecule is CC(C)Oc1cc(OCCN2CCCC2)cc2nccc(Nc3c(Cl)cnc4c3OCO4)c12. The van der Waals surface area contributed by atoms with Gasteiger partial charge in [-0.05, 0) is 45.8 Å². The molecule has 1 aromatic carbocycles. The topological polar surface area (TPSA) is 78.0 Å². The Kier molecular flexibility index (Phi) is 6.28. The minimum Gasteiger partial charge on any atom is -0.492 e. The van der Waals surface area contributed by atoms with Crippen LogP contribution in [0.25, 0.3) is 10.9 Å². The van der Waals surface area contributed by atoms with Crippen molar-refractivity contribution >= 4 is 33.9 Å². The largest absolute Gasteiger partial charge is 0.492 e. The average Bonchev–Trinajstić information content (AvgIpc) is 3.47. The number of nitrogens with zero attached hydrogens (tertiary/aromatic N) is 3. The fourth-order valence-electron chi connectivity index (χ4n) is 4.14. The van der Waals surface area contributed by atoms with Crippen molar-refractivity contribution in [2.45, 2.75) is 32.8 Å². The third-order valence-electron chi connectivity index (χ3n) is 5.63. The van der Waals surface area contributed by atoms with Gasteiger partial charge in [-0.25, -0.2) is 4.98 Å². The summed E-state index contributed by atoms with van der Waals surface area (Å²) in [5.74, 6) is 2.32. The molecule has 5 rings (SSSR count). The van der Waals surface area contributed by atoms with Crippen molar-refractivity contribution in [2.75, 3.05) is 38.4 Å². The van der Waals surface area contributed by atoms with Crippen molar-refractivity contribution < 1.29 is 18.9 Å². The summed E-state index contributed by atoms with van der Waals surface area (Å²) >= 11 is 6.44. The van der Waals surface area contributed by atoms with Crippen LogP contribution in [-0.2, 0) is 0 Å². The van der Waals surface area contributed by atoms with Gasteiger partial charge in [-0.2, -0.15) is 0 Å². The highest BCUT2D eigenvalue weighted by molar-refractivity contribution is 6.33. The van der Waals surface area contributed by atoms with Gasteiger partial charge in [0.05, 0.1) is 33.9 Å². The van der Waals surface area contributed by atoms with Gasteiger partial charge in [0.15, 0.2) is 0 Å². The maximum Gasteiger partial charge on any atom is 0.262 e. The molecule has 9 heteroatoms. The summed E-state index contributed by atoms with van der Waals surface area (Å²) in [7, 11) is 0. The Hall–Kier alpha value is -2.97. The van der Waals surface area contributed by atoms with Gasteiger partial charge in [0.25, 0.3) is 5.88 Å². The number of nitrogens with one attached hydrogen (secondary N) is 1. The standard InChI is InChI=1S/C24H27ClN4O4/c1-15(2)33-20-12-16(30-10-9-29-7-3-4-8-29)11-19-21(20)18(5-6-26-19)28-22-17(25)13-27-24-23(22)31-14-32-24/h5-6,11-13,15H,3-4,7-10,14H2,1-2H3,(H,26,27,28). The van der Waals surface area contributed by atoms with Crippen LogP contribution in [0.4, 0.5) is 11.4 Å². The first kappa shape index (κ1) is 21.9. The minimum absolute atomic E-state index is 0.0217. The van der Waals surface area contributed by atoms with E-state index in [1.807, 2.05) is 32.0 Å². The van der Waals surface area contributed by atoms with E-state index in [0.29, 0.717) is 34.7 Å². The van der Waals surface area contributed by atoms with E-state index >= 15 is 0 Å². The van der Waals surface area contributed by atoms with Gasteiger partial charge in [0, 0.05) is 24.9 Å².